The van der Waals surface area contributed by atoms with Gasteiger partial charge in [0.05, 0.1) is 5.92 Å². The van der Waals surface area contributed by atoms with Crippen molar-refractivity contribution in [3.8, 4) is 0 Å². The van der Waals surface area contributed by atoms with Gasteiger partial charge in [-0.2, -0.15) is 0 Å². The maximum absolute atomic E-state index is 12.1. The van der Waals surface area contributed by atoms with Crippen molar-refractivity contribution >= 4 is 11.8 Å². The number of piperazine rings is 1. The number of nitrogens with zero attached hydrogens (tertiary/aromatic N) is 2. The summed E-state index contributed by atoms with van der Waals surface area (Å²) in [6.45, 7) is 6.08. The van der Waals surface area contributed by atoms with Gasteiger partial charge in [0.2, 0.25) is 11.8 Å². The third kappa shape index (κ3) is 2.35. The number of hydrogen-bond donors (Lipinski definition) is 1. The number of amides is 2. The fourth-order valence-electron chi connectivity index (χ4n) is 2.37. The van der Waals surface area contributed by atoms with Gasteiger partial charge in [-0.05, 0) is 13.0 Å². The highest BCUT2D eigenvalue weighted by Crippen LogP contribution is 2.13. The first-order chi connectivity index (χ1) is 7.68. The summed E-state index contributed by atoms with van der Waals surface area (Å²) in [5, 5.41) is 3.21. The summed E-state index contributed by atoms with van der Waals surface area (Å²) in [6.07, 6.45) is 0.950. The fraction of sp³-hybridized carbons (Fsp3) is 0.818. The number of nitrogens with one attached hydrogen (secondary N) is 1. The van der Waals surface area contributed by atoms with Crippen LogP contribution in [0.15, 0.2) is 0 Å². The van der Waals surface area contributed by atoms with Gasteiger partial charge in [0.15, 0.2) is 0 Å². The minimum atomic E-state index is 0.106. The van der Waals surface area contributed by atoms with Crippen LogP contribution in [0.1, 0.15) is 13.3 Å². The zero-order valence-corrected chi connectivity index (χ0v) is 9.74. The largest absolute Gasteiger partial charge is 0.339 e. The molecular weight excluding hydrogens is 206 g/mol. The van der Waals surface area contributed by atoms with Crippen LogP contribution < -0.4 is 5.32 Å². The van der Waals surface area contributed by atoms with E-state index >= 15 is 0 Å². The van der Waals surface area contributed by atoms with E-state index in [-0.39, 0.29) is 17.7 Å². The van der Waals surface area contributed by atoms with Gasteiger partial charge in [-0.25, -0.2) is 0 Å². The molecule has 5 heteroatoms. The summed E-state index contributed by atoms with van der Waals surface area (Å²) in [6, 6.07) is 0. The highest BCUT2D eigenvalue weighted by molar-refractivity contribution is 5.80. The Balaban J connectivity index is 1.84. The predicted molar refractivity (Wildman–Crippen MR) is 59.8 cm³/mol. The van der Waals surface area contributed by atoms with Crippen molar-refractivity contribution in [2.45, 2.75) is 13.3 Å². The Bertz CT molecular complexity index is 279. The van der Waals surface area contributed by atoms with Crippen molar-refractivity contribution in [1.29, 1.82) is 0 Å². The monoisotopic (exact) mass is 225 g/mol. The molecule has 0 aromatic rings. The minimum absolute atomic E-state index is 0.106. The molecule has 2 rings (SSSR count). The summed E-state index contributed by atoms with van der Waals surface area (Å²) in [7, 11) is 0. The Labute approximate surface area is 95.8 Å². The highest BCUT2D eigenvalue weighted by Gasteiger charge is 2.29. The molecule has 2 heterocycles. The second-order valence-corrected chi connectivity index (χ2v) is 4.52. The van der Waals surface area contributed by atoms with Gasteiger partial charge >= 0.3 is 0 Å². The SMILES string of the molecule is CC(=O)N1CCN(C(=O)C2CCNC2)CC1. The molecule has 2 amide bonds. The number of hydrogen-bond acceptors (Lipinski definition) is 3. The topological polar surface area (TPSA) is 52.7 Å². The molecule has 1 unspecified atom stereocenters. The molecule has 1 atom stereocenters. The van der Waals surface area contributed by atoms with E-state index in [2.05, 4.69) is 5.32 Å². The average molecular weight is 225 g/mol. The van der Waals surface area contributed by atoms with E-state index in [0.29, 0.717) is 26.2 Å². The normalized spacial score (nSPS) is 25.9. The van der Waals surface area contributed by atoms with Gasteiger partial charge < -0.3 is 15.1 Å². The van der Waals surface area contributed by atoms with E-state index in [1.807, 2.05) is 4.90 Å². The van der Waals surface area contributed by atoms with Crippen molar-refractivity contribution in [2.24, 2.45) is 5.92 Å². The molecule has 16 heavy (non-hydrogen) atoms. The quantitative estimate of drug-likeness (QED) is 0.641. The van der Waals surface area contributed by atoms with Crippen molar-refractivity contribution in [3.63, 3.8) is 0 Å². The Hall–Kier alpha value is -1.10. The Morgan fingerprint density at radius 3 is 2.25 bits per heavy atom. The van der Waals surface area contributed by atoms with Crippen molar-refractivity contribution in [2.75, 3.05) is 39.3 Å². The number of carbonyl (C=O) groups is 2. The van der Waals surface area contributed by atoms with Crippen LogP contribution in [0.3, 0.4) is 0 Å². The second-order valence-electron chi connectivity index (χ2n) is 4.52. The second kappa shape index (κ2) is 4.82. The van der Waals surface area contributed by atoms with E-state index in [4.69, 9.17) is 0 Å². The summed E-state index contributed by atoms with van der Waals surface area (Å²) in [5.41, 5.74) is 0. The molecule has 0 aliphatic carbocycles. The molecule has 1 N–H and O–H groups in total. The van der Waals surface area contributed by atoms with Gasteiger partial charge in [-0.1, -0.05) is 0 Å². The molecule has 0 saturated carbocycles. The molecule has 0 aromatic carbocycles. The van der Waals surface area contributed by atoms with Crippen LogP contribution in [-0.4, -0.2) is 60.9 Å². The molecule has 2 fully saturated rings. The Morgan fingerprint density at radius 1 is 1.12 bits per heavy atom. The molecule has 2 saturated heterocycles. The smallest absolute Gasteiger partial charge is 0.227 e. The van der Waals surface area contributed by atoms with E-state index in [9.17, 15) is 9.59 Å². The number of rotatable bonds is 1. The minimum Gasteiger partial charge on any atom is -0.339 e. The lowest BCUT2D eigenvalue weighted by Crippen LogP contribution is -2.51. The first-order valence-corrected chi connectivity index (χ1v) is 5.93. The van der Waals surface area contributed by atoms with Crippen LogP contribution in [0.2, 0.25) is 0 Å². The third-order valence-electron chi connectivity index (χ3n) is 3.45. The lowest BCUT2D eigenvalue weighted by Gasteiger charge is -2.35. The molecule has 0 bridgehead atoms. The molecule has 90 valence electrons. The van der Waals surface area contributed by atoms with Gasteiger partial charge in [-0.15, -0.1) is 0 Å². The zero-order valence-electron chi connectivity index (χ0n) is 9.74. The van der Waals surface area contributed by atoms with Gasteiger partial charge in [0.25, 0.3) is 0 Å². The molecule has 0 radical (unpaired) electrons. The van der Waals surface area contributed by atoms with Crippen molar-refractivity contribution in [1.82, 2.24) is 15.1 Å². The Kier molecular flexibility index (Phi) is 3.43. The summed E-state index contributed by atoms with van der Waals surface area (Å²) in [5.74, 6) is 0.520. The zero-order chi connectivity index (χ0) is 11.5. The lowest BCUT2D eigenvalue weighted by atomic mass is 10.1. The molecule has 2 aliphatic rings. The maximum atomic E-state index is 12.1. The third-order valence-corrected chi connectivity index (χ3v) is 3.45. The van der Waals surface area contributed by atoms with Crippen LogP contribution >= 0.6 is 0 Å². The standard InChI is InChI=1S/C11H19N3O2/c1-9(15)13-4-6-14(7-5-13)11(16)10-2-3-12-8-10/h10,12H,2-8H2,1H3. The van der Waals surface area contributed by atoms with Gasteiger partial charge in [-0.3, -0.25) is 9.59 Å². The van der Waals surface area contributed by atoms with Crippen LogP contribution in [-0.2, 0) is 9.59 Å². The Morgan fingerprint density at radius 2 is 1.75 bits per heavy atom. The van der Waals surface area contributed by atoms with Crippen molar-refractivity contribution in [3.05, 3.63) is 0 Å². The van der Waals surface area contributed by atoms with E-state index < -0.39 is 0 Å². The molecule has 2 aliphatic heterocycles. The van der Waals surface area contributed by atoms with Gasteiger partial charge in [0.1, 0.15) is 0 Å². The molecule has 0 aromatic heterocycles. The van der Waals surface area contributed by atoms with Gasteiger partial charge in [0, 0.05) is 39.6 Å². The molecular formula is C11H19N3O2. The average Bonchev–Trinajstić information content (AvgIpc) is 2.81. The summed E-state index contributed by atoms with van der Waals surface area (Å²) in [4.78, 5) is 26.9. The summed E-state index contributed by atoms with van der Waals surface area (Å²) < 4.78 is 0. The molecule has 0 spiro atoms. The van der Waals surface area contributed by atoms with Crippen LogP contribution in [0.5, 0.6) is 0 Å². The van der Waals surface area contributed by atoms with Crippen molar-refractivity contribution < 1.29 is 9.59 Å². The van der Waals surface area contributed by atoms with E-state index in [1.165, 1.54) is 0 Å². The predicted octanol–water partition coefficient (Wildman–Crippen LogP) is -0.713. The van der Waals surface area contributed by atoms with Crippen LogP contribution in [0, 0.1) is 5.92 Å². The van der Waals surface area contributed by atoms with E-state index in [0.717, 1.165) is 19.5 Å². The summed E-state index contributed by atoms with van der Waals surface area (Å²) >= 11 is 0. The molecule has 5 nitrogen and oxygen atoms in total. The highest BCUT2D eigenvalue weighted by atomic mass is 16.2. The lowest BCUT2D eigenvalue weighted by molar-refractivity contribution is -0.140. The first kappa shape index (κ1) is 11.4. The van der Waals surface area contributed by atoms with E-state index in [1.54, 1.807) is 11.8 Å². The first-order valence-electron chi connectivity index (χ1n) is 5.93. The number of carbonyl (C=O) groups excluding carboxylic acids is 2. The maximum Gasteiger partial charge on any atom is 0.227 e. The van der Waals surface area contributed by atoms with Crippen LogP contribution in [0.25, 0.3) is 0 Å². The van der Waals surface area contributed by atoms with Crippen LogP contribution in [0.4, 0.5) is 0 Å². The fourth-order valence-corrected chi connectivity index (χ4v) is 2.37.